The molecule has 1 aromatic carbocycles. The van der Waals surface area contributed by atoms with E-state index in [1.54, 1.807) is 13.0 Å². The summed E-state index contributed by atoms with van der Waals surface area (Å²) >= 11 is 3.23. The van der Waals surface area contributed by atoms with Crippen LogP contribution in [0, 0.1) is 6.92 Å². The van der Waals surface area contributed by atoms with Crippen LogP contribution in [0.15, 0.2) is 21.0 Å². The second kappa shape index (κ2) is 4.45. The van der Waals surface area contributed by atoms with Crippen molar-refractivity contribution in [3.63, 3.8) is 0 Å². The van der Waals surface area contributed by atoms with Gasteiger partial charge in [-0.1, -0.05) is 0 Å². The number of aliphatic carboxylic acids is 1. The normalized spacial score (nSPS) is 10.6. The van der Waals surface area contributed by atoms with Crippen LogP contribution in [0.5, 0.6) is 5.75 Å². The summed E-state index contributed by atoms with van der Waals surface area (Å²) in [5.41, 5.74) is 0.511. The first-order valence-corrected chi connectivity index (χ1v) is 5.79. The van der Waals surface area contributed by atoms with Crippen molar-refractivity contribution in [2.75, 3.05) is 7.11 Å². The van der Waals surface area contributed by atoms with Crippen LogP contribution >= 0.6 is 15.9 Å². The van der Waals surface area contributed by atoms with E-state index in [4.69, 9.17) is 14.3 Å². The largest absolute Gasteiger partial charge is 0.493 e. The Hall–Kier alpha value is -1.82. The molecule has 2 rings (SSSR count). The number of aryl methyl sites for hydroxylation is 1. The zero-order valence-corrected chi connectivity index (χ0v) is 11.2. The predicted molar refractivity (Wildman–Crippen MR) is 67.2 cm³/mol. The van der Waals surface area contributed by atoms with Crippen LogP contribution in [0.25, 0.3) is 11.0 Å². The first-order valence-electron chi connectivity index (χ1n) is 5.00. The maximum absolute atomic E-state index is 11.6. The van der Waals surface area contributed by atoms with Crippen LogP contribution in [-0.4, -0.2) is 24.0 Å². The molecule has 0 radical (unpaired) electrons. The first-order chi connectivity index (χ1) is 8.45. The third-order valence-corrected chi connectivity index (χ3v) is 3.34. The molecule has 1 aromatic heterocycles. The second-order valence-electron chi connectivity index (χ2n) is 3.67. The summed E-state index contributed by atoms with van der Waals surface area (Å²) in [5, 5.41) is 9.37. The Morgan fingerprint density at radius 3 is 2.61 bits per heavy atom. The summed E-state index contributed by atoms with van der Waals surface area (Å²) in [6.45, 7) is 1.75. The fourth-order valence-corrected chi connectivity index (χ4v) is 2.29. The number of benzene rings is 1. The molecular formula is C12H9BrO5. The maximum atomic E-state index is 11.6. The SMILES string of the molecule is COc1cc(C(=O)C(=O)O)c(Br)c2cc(C)oc12. The molecule has 2 aromatic rings. The quantitative estimate of drug-likeness (QED) is 0.696. The van der Waals surface area contributed by atoms with Gasteiger partial charge in [-0.3, -0.25) is 4.79 Å². The zero-order valence-electron chi connectivity index (χ0n) is 9.61. The Morgan fingerprint density at radius 2 is 2.06 bits per heavy atom. The molecule has 1 N–H and O–H groups in total. The minimum atomic E-state index is -1.52. The Morgan fingerprint density at radius 1 is 1.39 bits per heavy atom. The number of ketones is 1. The highest BCUT2D eigenvalue weighted by Crippen LogP contribution is 2.37. The number of Topliss-reactive ketones (excluding diaryl/α,β-unsaturated/α-hetero) is 1. The number of fused-ring (bicyclic) bond motifs is 1. The van der Waals surface area contributed by atoms with Gasteiger partial charge < -0.3 is 14.3 Å². The van der Waals surface area contributed by atoms with Crippen LogP contribution in [0.3, 0.4) is 0 Å². The number of furan rings is 1. The van der Waals surface area contributed by atoms with Gasteiger partial charge in [0.25, 0.3) is 5.78 Å². The molecule has 0 bridgehead atoms. The van der Waals surface area contributed by atoms with E-state index in [0.717, 1.165) is 0 Å². The van der Waals surface area contributed by atoms with Crippen molar-refractivity contribution in [2.24, 2.45) is 0 Å². The lowest BCUT2D eigenvalue weighted by atomic mass is 10.1. The summed E-state index contributed by atoms with van der Waals surface area (Å²) in [4.78, 5) is 22.3. The number of ether oxygens (including phenoxy) is 1. The average molecular weight is 313 g/mol. The van der Waals surface area contributed by atoms with Gasteiger partial charge >= 0.3 is 5.97 Å². The van der Waals surface area contributed by atoms with E-state index in [2.05, 4.69) is 15.9 Å². The minimum absolute atomic E-state index is 0.0349. The van der Waals surface area contributed by atoms with Gasteiger partial charge in [-0.2, -0.15) is 0 Å². The van der Waals surface area contributed by atoms with Gasteiger partial charge in [-0.25, -0.2) is 4.79 Å². The number of carbonyl (C=O) groups is 2. The highest BCUT2D eigenvalue weighted by Gasteiger charge is 2.23. The predicted octanol–water partition coefficient (Wildman–Crippen LogP) is 2.78. The van der Waals surface area contributed by atoms with E-state index in [-0.39, 0.29) is 5.56 Å². The summed E-state index contributed by atoms with van der Waals surface area (Å²) < 4.78 is 11.0. The third-order valence-electron chi connectivity index (χ3n) is 2.49. The van der Waals surface area contributed by atoms with E-state index in [0.29, 0.717) is 27.0 Å². The number of carbonyl (C=O) groups excluding carboxylic acids is 1. The number of methoxy groups -OCH3 is 1. The highest BCUT2D eigenvalue weighted by molar-refractivity contribution is 9.10. The Bertz CT molecular complexity index is 656. The molecular weight excluding hydrogens is 304 g/mol. The van der Waals surface area contributed by atoms with Gasteiger partial charge in [0, 0.05) is 15.4 Å². The lowest BCUT2D eigenvalue weighted by Crippen LogP contribution is -2.13. The summed E-state index contributed by atoms with van der Waals surface area (Å²) in [5.74, 6) is -1.55. The Balaban J connectivity index is 2.80. The second-order valence-corrected chi connectivity index (χ2v) is 4.47. The fraction of sp³-hybridized carbons (Fsp3) is 0.167. The standard InChI is InChI=1S/C12H9BrO5/c1-5-3-7-9(13)6(10(14)12(15)16)4-8(17-2)11(7)18-5/h3-4H,1-2H3,(H,15,16). The molecule has 0 aliphatic heterocycles. The molecule has 0 saturated carbocycles. The third kappa shape index (κ3) is 1.88. The molecule has 0 unspecified atom stereocenters. The van der Waals surface area contributed by atoms with Crippen molar-refractivity contribution in [3.8, 4) is 5.75 Å². The van der Waals surface area contributed by atoms with E-state index in [1.807, 2.05) is 0 Å². The van der Waals surface area contributed by atoms with E-state index < -0.39 is 11.8 Å². The van der Waals surface area contributed by atoms with E-state index in [1.165, 1.54) is 13.2 Å². The minimum Gasteiger partial charge on any atom is -0.493 e. The maximum Gasteiger partial charge on any atom is 0.377 e. The van der Waals surface area contributed by atoms with Crippen molar-refractivity contribution in [1.29, 1.82) is 0 Å². The van der Waals surface area contributed by atoms with Crippen molar-refractivity contribution in [1.82, 2.24) is 0 Å². The number of carboxylic acids is 1. The molecule has 94 valence electrons. The topological polar surface area (TPSA) is 76.7 Å². The number of carboxylic acid groups (broad SMARTS) is 1. The molecule has 18 heavy (non-hydrogen) atoms. The van der Waals surface area contributed by atoms with E-state index in [9.17, 15) is 9.59 Å². The summed E-state index contributed by atoms with van der Waals surface area (Å²) in [7, 11) is 1.43. The monoisotopic (exact) mass is 312 g/mol. The highest BCUT2D eigenvalue weighted by atomic mass is 79.9. The molecule has 0 spiro atoms. The van der Waals surface area contributed by atoms with Gasteiger partial charge in [0.1, 0.15) is 5.76 Å². The first kappa shape index (κ1) is 12.6. The molecule has 0 atom stereocenters. The average Bonchev–Trinajstić information content (AvgIpc) is 2.71. The van der Waals surface area contributed by atoms with Gasteiger partial charge in [0.2, 0.25) is 0 Å². The van der Waals surface area contributed by atoms with Gasteiger partial charge in [0.15, 0.2) is 11.3 Å². The number of hydrogen-bond acceptors (Lipinski definition) is 4. The molecule has 0 aliphatic rings. The lowest BCUT2D eigenvalue weighted by molar-refractivity contribution is -0.131. The number of hydrogen-bond donors (Lipinski definition) is 1. The van der Waals surface area contributed by atoms with Crippen molar-refractivity contribution in [3.05, 3.63) is 27.9 Å². The van der Waals surface area contributed by atoms with Crippen molar-refractivity contribution >= 4 is 38.7 Å². The van der Waals surface area contributed by atoms with Gasteiger partial charge in [-0.05, 0) is 35.0 Å². The Labute approximate surface area is 110 Å². The molecule has 0 fully saturated rings. The lowest BCUT2D eigenvalue weighted by Gasteiger charge is -2.06. The fourth-order valence-electron chi connectivity index (χ4n) is 1.70. The number of rotatable bonds is 3. The summed E-state index contributed by atoms with van der Waals surface area (Å²) in [6.07, 6.45) is 0. The molecule has 6 heteroatoms. The smallest absolute Gasteiger partial charge is 0.377 e. The van der Waals surface area contributed by atoms with Crippen molar-refractivity contribution < 1.29 is 23.8 Å². The van der Waals surface area contributed by atoms with Crippen LogP contribution in [0.2, 0.25) is 0 Å². The molecule has 0 amide bonds. The van der Waals surface area contributed by atoms with Gasteiger partial charge in [-0.15, -0.1) is 0 Å². The molecule has 5 nitrogen and oxygen atoms in total. The van der Waals surface area contributed by atoms with Crippen molar-refractivity contribution in [2.45, 2.75) is 6.92 Å². The molecule has 1 heterocycles. The van der Waals surface area contributed by atoms with Crippen LogP contribution in [0.1, 0.15) is 16.1 Å². The molecule has 0 saturated heterocycles. The zero-order chi connectivity index (χ0) is 13.4. The summed E-state index contributed by atoms with van der Waals surface area (Å²) in [6, 6.07) is 3.06. The van der Waals surface area contributed by atoms with Crippen LogP contribution in [-0.2, 0) is 4.79 Å². The Kier molecular flexibility index (Phi) is 3.13. The number of halogens is 1. The van der Waals surface area contributed by atoms with Gasteiger partial charge in [0.05, 0.1) is 7.11 Å². The van der Waals surface area contributed by atoms with Crippen LogP contribution in [0.4, 0.5) is 0 Å². The van der Waals surface area contributed by atoms with E-state index >= 15 is 0 Å². The van der Waals surface area contributed by atoms with Crippen LogP contribution < -0.4 is 4.74 Å². The molecule has 0 aliphatic carbocycles.